The minimum atomic E-state index is -0.587. The van der Waals surface area contributed by atoms with Crippen LogP contribution >= 0.6 is 0 Å². The molecule has 1 heterocycles. The number of nitrogens with zero attached hydrogens (tertiary/aromatic N) is 2. The van der Waals surface area contributed by atoms with Crippen LogP contribution in [0.15, 0.2) is 0 Å². The number of hydrogen-bond acceptors (Lipinski definition) is 11. The van der Waals surface area contributed by atoms with E-state index < -0.39 is 30.4 Å². The first-order chi connectivity index (χ1) is 21.3. The second-order valence-electron chi connectivity index (χ2n) is 11.2. The molecular weight excluding hydrogens is 844 g/mol. The zero-order valence-electron chi connectivity index (χ0n) is 31.2. The molecule has 3 radical (unpaired) electrons. The molecule has 2 amide bonds. The molecule has 1 N–H and O–H groups in total. The molecule has 13 nitrogen and oxygen atoms in total. The molecule has 49 heavy (non-hydrogen) atoms. The molecule has 0 aliphatic carbocycles. The quantitative estimate of drug-likeness (QED) is 0.0832. The Balaban J connectivity index is -0.000000292. The summed E-state index contributed by atoms with van der Waals surface area (Å²) in [4.78, 5) is 60.4. The number of ether oxygens (including phenoxy) is 5. The number of ketones is 1. The molecule has 0 bridgehead atoms. The maximum atomic E-state index is 11.8. The molecule has 5 unspecified atom stereocenters. The number of hydrogen-bond donors (Lipinski definition) is 1. The van der Waals surface area contributed by atoms with Crippen molar-refractivity contribution in [3.8, 4) is 0 Å². The van der Waals surface area contributed by atoms with E-state index in [-0.39, 0.29) is 103 Å². The molecule has 1 saturated heterocycles. The van der Waals surface area contributed by atoms with Crippen LogP contribution in [0.4, 0.5) is 0 Å². The van der Waals surface area contributed by atoms with Crippen molar-refractivity contribution in [2.24, 2.45) is 11.8 Å². The molecule has 16 heteroatoms. The molecule has 5 atom stereocenters. The Bertz CT molecular complexity index is 907. The third-order valence-electron chi connectivity index (χ3n) is 7.18. The van der Waals surface area contributed by atoms with Gasteiger partial charge in [0, 0.05) is 92.9 Å². The first-order valence-corrected chi connectivity index (χ1v) is 15.6. The third kappa shape index (κ3) is 27.1. The van der Waals surface area contributed by atoms with E-state index in [0.717, 1.165) is 19.3 Å². The van der Waals surface area contributed by atoms with Gasteiger partial charge in [-0.25, -0.2) is 0 Å². The fourth-order valence-corrected chi connectivity index (χ4v) is 4.38. The molecular formula is C33H61BN3O10VW-. The number of Topliss-reactive ketones (excluding diaryl/α,β-unsaturated/α-hetero) is 1. The van der Waals surface area contributed by atoms with Crippen LogP contribution in [-0.2, 0) is 87.3 Å². The van der Waals surface area contributed by atoms with Gasteiger partial charge in [0.25, 0.3) is 0 Å². The predicted octanol–water partition coefficient (Wildman–Crippen LogP) is 2.47. The van der Waals surface area contributed by atoms with Crippen molar-refractivity contribution in [1.82, 2.24) is 15.1 Å². The summed E-state index contributed by atoms with van der Waals surface area (Å²) >= 11 is 0. The van der Waals surface area contributed by atoms with Gasteiger partial charge < -0.3 is 60.6 Å². The number of rotatable bonds is 20. The van der Waals surface area contributed by atoms with Crippen molar-refractivity contribution in [2.75, 3.05) is 67.2 Å². The van der Waals surface area contributed by atoms with E-state index in [2.05, 4.69) is 12.2 Å². The molecule has 0 spiro atoms. The van der Waals surface area contributed by atoms with Crippen LogP contribution < -0.4 is 5.32 Å². The third-order valence-corrected chi connectivity index (χ3v) is 7.18. The number of carbonyl (C=O) groups is 5. The Kier molecular flexibility index (Phi) is 39.4. The van der Waals surface area contributed by atoms with E-state index in [1.54, 1.807) is 7.05 Å². The van der Waals surface area contributed by atoms with Crippen LogP contribution in [0.5, 0.6) is 0 Å². The Morgan fingerprint density at radius 1 is 0.918 bits per heavy atom. The largest absolute Gasteiger partial charge is 2.00 e. The predicted molar refractivity (Wildman–Crippen MR) is 182 cm³/mol. The van der Waals surface area contributed by atoms with Gasteiger partial charge in [-0.3, -0.25) is 24.0 Å². The Labute approximate surface area is 323 Å². The van der Waals surface area contributed by atoms with Gasteiger partial charge >= 0.3 is 30.5 Å². The monoisotopic (exact) mass is 905 g/mol. The normalized spacial score (nSPS) is 19.2. The average Bonchev–Trinajstić information content (AvgIpc) is 2.99. The van der Waals surface area contributed by atoms with Crippen molar-refractivity contribution in [1.29, 1.82) is 0 Å². The van der Waals surface area contributed by atoms with E-state index in [9.17, 15) is 24.0 Å². The fraction of sp³-hybridized carbons (Fsp3) is 0.758. The SMILES string of the molecule is [B]CC(=O)N(CCN(C)C)CC(=O)NC.[CH2-]COCCCC(=O)CCCCOC1OC(COC(C)=O)C(OC(C)=O)C(C)C1C.[CH3-].[CH3-].[V+2].[W]. The molecule has 1 rings (SSSR count). The molecule has 0 aromatic heterocycles. The smallest absolute Gasteiger partial charge is 0.463 e. The molecule has 1 fully saturated rings. The zero-order chi connectivity index (χ0) is 34.4. The second-order valence-corrected chi connectivity index (χ2v) is 11.2. The summed E-state index contributed by atoms with van der Waals surface area (Å²) in [6, 6.07) is 0. The van der Waals surface area contributed by atoms with Gasteiger partial charge in [-0.05, 0) is 39.7 Å². The van der Waals surface area contributed by atoms with Crippen LogP contribution in [0.2, 0.25) is 6.32 Å². The first kappa shape index (κ1) is 57.1. The standard InChI is InChI=1S/C22H37O8.C9H18BN3O2.2CH3.V.W/c1-6-26-12-9-11-19(25)10-7-8-13-27-22-16(3)15(2)21(29-18(5)24)20(30-22)14-28-17(4)23;1-11-8(14)7-13(9(15)6-10)5-4-12(2)3;;;;/h15-16,20-22H,1,6-14H2,2-5H3;4-7H2,1-3H3,(H,11,14);2*1H3;;/q-1;;2*-1;+2;. The van der Waals surface area contributed by atoms with Gasteiger partial charge in [0.15, 0.2) is 6.29 Å². The minimum absolute atomic E-state index is 0. The number of esters is 2. The van der Waals surface area contributed by atoms with Crippen LogP contribution in [0.3, 0.4) is 0 Å². The van der Waals surface area contributed by atoms with Gasteiger partial charge in [0.2, 0.25) is 11.8 Å². The van der Waals surface area contributed by atoms with Crippen molar-refractivity contribution < 1.29 is 87.3 Å². The molecule has 1 aliphatic heterocycles. The van der Waals surface area contributed by atoms with Crippen molar-refractivity contribution >= 4 is 37.4 Å². The van der Waals surface area contributed by atoms with Crippen LogP contribution in [0.1, 0.15) is 59.8 Å². The first-order valence-electron chi connectivity index (χ1n) is 15.6. The number of nitrogens with one attached hydrogen (secondary N) is 1. The second kappa shape index (κ2) is 33.8. The van der Waals surface area contributed by atoms with E-state index in [1.165, 1.54) is 18.7 Å². The van der Waals surface area contributed by atoms with Gasteiger partial charge in [-0.2, -0.15) is 0 Å². The summed E-state index contributed by atoms with van der Waals surface area (Å²) in [5.41, 5.74) is 0. The Morgan fingerprint density at radius 2 is 1.53 bits per heavy atom. The Morgan fingerprint density at radius 3 is 2.04 bits per heavy atom. The van der Waals surface area contributed by atoms with Gasteiger partial charge in [0.1, 0.15) is 24.6 Å². The molecule has 0 aromatic rings. The number of likely N-dealkylation sites (N-methyl/N-ethyl adjacent to an activating group) is 2. The minimum Gasteiger partial charge on any atom is -0.463 e. The van der Waals surface area contributed by atoms with E-state index >= 15 is 0 Å². The summed E-state index contributed by atoms with van der Waals surface area (Å²) in [6.07, 6.45) is 1.60. The number of unbranched alkanes of at least 4 members (excludes halogenated alkanes) is 1. The summed E-state index contributed by atoms with van der Waals surface area (Å²) < 4.78 is 27.5. The van der Waals surface area contributed by atoms with E-state index in [0.29, 0.717) is 45.8 Å². The summed E-state index contributed by atoms with van der Waals surface area (Å²) in [5, 5.41) is 2.47. The maximum absolute atomic E-state index is 11.8. The van der Waals surface area contributed by atoms with Crippen molar-refractivity contribution in [2.45, 2.75) is 84.6 Å². The van der Waals surface area contributed by atoms with Crippen LogP contribution in [0.25, 0.3) is 0 Å². The van der Waals surface area contributed by atoms with Gasteiger partial charge in [-0.15, -0.1) is 0 Å². The summed E-state index contributed by atoms with van der Waals surface area (Å²) in [5.74, 6) is -1.04. The number of carbonyl (C=O) groups excluding carboxylic acids is 5. The van der Waals surface area contributed by atoms with E-state index in [4.69, 9.17) is 31.5 Å². The van der Waals surface area contributed by atoms with Crippen LogP contribution in [0, 0.1) is 33.6 Å². The zero-order valence-corrected chi connectivity index (χ0v) is 35.5. The van der Waals surface area contributed by atoms with Crippen molar-refractivity contribution in [3.05, 3.63) is 21.8 Å². The fourth-order valence-electron chi connectivity index (χ4n) is 4.38. The summed E-state index contributed by atoms with van der Waals surface area (Å²) in [7, 11) is 10.6. The van der Waals surface area contributed by atoms with Gasteiger partial charge in [0.05, 0.1) is 14.4 Å². The maximum Gasteiger partial charge on any atom is 2.00 e. The topological polar surface area (TPSA) is 150 Å². The average molecular weight is 905 g/mol. The molecule has 0 aromatic carbocycles. The van der Waals surface area contributed by atoms with E-state index in [1.807, 2.05) is 32.8 Å². The van der Waals surface area contributed by atoms with Gasteiger partial charge in [-0.1, -0.05) is 20.5 Å². The number of amides is 2. The van der Waals surface area contributed by atoms with Crippen molar-refractivity contribution in [3.63, 3.8) is 0 Å². The Hall–Kier alpha value is -1.27. The molecule has 1 aliphatic rings. The molecule has 283 valence electrons. The van der Waals surface area contributed by atoms with Crippen LogP contribution in [-0.4, -0.2) is 133 Å². The summed E-state index contributed by atoms with van der Waals surface area (Å²) in [6.45, 7) is 12.9. The molecule has 0 saturated carbocycles.